The van der Waals surface area contributed by atoms with E-state index in [4.69, 9.17) is 0 Å². The first-order valence-electron chi connectivity index (χ1n) is 7.83. The monoisotopic (exact) mass is 363 g/mol. The zero-order chi connectivity index (χ0) is 19.6. The molecule has 3 aromatic rings. The van der Waals surface area contributed by atoms with Gasteiger partial charge in [0, 0.05) is 23.3 Å². The average Bonchev–Trinajstić information content (AvgIpc) is 2.67. The largest absolute Gasteiger partial charge is 0.507 e. The summed E-state index contributed by atoms with van der Waals surface area (Å²) < 4.78 is 0. The Morgan fingerprint density at radius 1 is 0.741 bits per heavy atom. The Hall–Kier alpha value is -4.00. The minimum absolute atomic E-state index is 0.0426. The first-order chi connectivity index (χ1) is 12.9. The molecule has 134 valence electrons. The van der Waals surface area contributed by atoms with E-state index in [1.54, 1.807) is 12.1 Å². The van der Waals surface area contributed by atoms with Gasteiger partial charge in [-0.3, -0.25) is 19.7 Å². The molecule has 0 aliphatic rings. The number of carbonyl (C=O) groups is 2. The van der Waals surface area contributed by atoms with Gasteiger partial charge in [-0.15, -0.1) is 0 Å². The number of hydrogen-bond donors (Lipinski definition) is 2. The van der Waals surface area contributed by atoms with Crippen molar-refractivity contribution in [1.29, 1.82) is 0 Å². The predicted molar refractivity (Wildman–Crippen MR) is 96.2 cm³/mol. The second-order valence-electron chi connectivity index (χ2n) is 5.72. The summed E-state index contributed by atoms with van der Waals surface area (Å²) in [6.07, 6.45) is 0. The van der Waals surface area contributed by atoms with Crippen LogP contribution in [0.15, 0.2) is 66.7 Å². The summed E-state index contributed by atoms with van der Waals surface area (Å²) in [7, 11) is 0. The highest BCUT2D eigenvalue weighted by molar-refractivity contribution is 6.15. The van der Waals surface area contributed by atoms with E-state index in [1.807, 2.05) is 0 Å². The SMILES string of the molecule is O=C(c1cc(C(=O)c2ccccc2O)cc([N+](=O)[O-])c1)c1ccccc1O. The molecule has 7 heteroatoms. The molecule has 2 N–H and O–H groups in total. The van der Waals surface area contributed by atoms with E-state index in [0.29, 0.717) is 0 Å². The van der Waals surface area contributed by atoms with Gasteiger partial charge in [-0.05, 0) is 30.3 Å². The molecule has 0 radical (unpaired) electrons. The summed E-state index contributed by atoms with van der Waals surface area (Å²) in [6.45, 7) is 0. The molecule has 0 unspecified atom stereocenters. The number of rotatable bonds is 5. The molecule has 0 amide bonds. The number of para-hydroxylation sites is 2. The molecule has 27 heavy (non-hydrogen) atoms. The number of phenols is 2. The van der Waals surface area contributed by atoms with Gasteiger partial charge in [0.15, 0.2) is 11.6 Å². The molecule has 3 aromatic carbocycles. The Morgan fingerprint density at radius 2 is 1.15 bits per heavy atom. The van der Waals surface area contributed by atoms with Gasteiger partial charge >= 0.3 is 0 Å². The van der Waals surface area contributed by atoms with Crippen molar-refractivity contribution in [2.75, 3.05) is 0 Å². The average molecular weight is 363 g/mol. The molecule has 0 saturated carbocycles. The number of carbonyl (C=O) groups excluding carboxylic acids is 2. The topological polar surface area (TPSA) is 118 Å². The summed E-state index contributed by atoms with van der Waals surface area (Å²) in [5.41, 5.74) is -0.776. The number of nitrogens with zero attached hydrogens (tertiary/aromatic N) is 1. The second kappa shape index (κ2) is 7.09. The maximum atomic E-state index is 12.7. The van der Waals surface area contributed by atoms with Crippen LogP contribution in [0.25, 0.3) is 0 Å². The smallest absolute Gasteiger partial charge is 0.270 e. The van der Waals surface area contributed by atoms with Gasteiger partial charge in [0.05, 0.1) is 16.1 Å². The predicted octanol–water partition coefficient (Wildman–Crippen LogP) is 3.47. The molecule has 0 fully saturated rings. The Labute approximate surface area is 153 Å². The van der Waals surface area contributed by atoms with Gasteiger partial charge in [0.25, 0.3) is 5.69 Å². The molecule has 0 aliphatic carbocycles. The minimum Gasteiger partial charge on any atom is -0.507 e. The number of nitro groups is 1. The highest BCUT2D eigenvalue weighted by Crippen LogP contribution is 2.26. The van der Waals surface area contributed by atoms with E-state index in [0.717, 1.165) is 12.1 Å². The lowest BCUT2D eigenvalue weighted by Crippen LogP contribution is -2.08. The maximum absolute atomic E-state index is 12.7. The van der Waals surface area contributed by atoms with Crippen LogP contribution in [0.2, 0.25) is 0 Å². The van der Waals surface area contributed by atoms with E-state index >= 15 is 0 Å². The van der Waals surface area contributed by atoms with E-state index in [9.17, 15) is 29.9 Å². The van der Waals surface area contributed by atoms with Gasteiger partial charge in [0.2, 0.25) is 0 Å². The van der Waals surface area contributed by atoms with Crippen LogP contribution in [-0.2, 0) is 0 Å². The summed E-state index contributed by atoms with van der Waals surface area (Å²) in [4.78, 5) is 35.9. The van der Waals surface area contributed by atoms with Gasteiger partial charge in [-0.1, -0.05) is 24.3 Å². The summed E-state index contributed by atoms with van der Waals surface area (Å²) >= 11 is 0. The molecule has 0 atom stereocenters. The van der Waals surface area contributed by atoms with E-state index in [2.05, 4.69) is 0 Å². The fourth-order valence-corrected chi connectivity index (χ4v) is 2.62. The van der Waals surface area contributed by atoms with Crippen molar-refractivity contribution < 1.29 is 24.7 Å². The van der Waals surface area contributed by atoms with Gasteiger partial charge < -0.3 is 10.2 Å². The molecule has 0 spiro atoms. The fourth-order valence-electron chi connectivity index (χ4n) is 2.62. The number of hydrogen-bond acceptors (Lipinski definition) is 6. The second-order valence-corrected chi connectivity index (χ2v) is 5.72. The number of nitro benzene ring substituents is 1. The molecule has 7 nitrogen and oxygen atoms in total. The van der Waals surface area contributed by atoms with Crippen molar-refractivity contribution in [2.24, 2.45) is 0 Å². The Morgan fingerprint density at radius 3 is 1.52 bits per heavy atom. The standard InChI is InChI=1S/C20H13NO6/c22-17-7-3-1-5-15(17)19(24)12-9-13(11-14(10-12)21(26)27)20(25)16-6-2-4-8-18(16)23/h1-11,22-23H. The first-order valence-corrected chi connectivity index (χ1v) is 7.83. The number of non-ortho nitro benzene ring substituents is 1. The summed E-state index contributed by atoms with van der Waals surface area (Å²) in [5.74, 6) is -1.88. The van der Waals surface area contributed by atoms with Crippen LogP contribution in [0.3, 0.4) is 0 Å². The normalized spacial score (nSPS) is 10.4. The third-order valence-electron chi connectivity index (χ3n) is 3.95. The van der Waals surface area contributed by atoms with Crippen molar-refractivity contribution in [3.63, 3.8) is 0 Å². The number of phenolic OH excluding ortho intramolecular Hbond substituents is 2. The molecule has 0 aliphatic heterocycles. The lowest BCUT2D eigenvalue weighted by molar-refractivity contribution is -0.384. The molecule has 0 saturated heterocycles. The van der Waals surface area contributed by atoms with E-state index < -0.39 is 22.2 Å². The number of ketones is 2. The summed E-state index contributed by atoms with van der Waals surface area (Å²) in [5, 5.41) is 31.0. The highest BCUT2D eigenvalue weighted by atomic mass is 16.6. The van der Waals surface area contributed by atoms with E-state index in [1.165, 1.54) is 42.5 Å². The van der Waals surface area contributed by atoms with Gasteiger partial charge in [-0.2, -0.15) is 0 Å². The number of benzene rings is 3. The third-order valence-corrected chi connectivity index (χ3v) is 3.95. The first kappa shape index (κ1) is 17.8. The van der Waals surface area contributed by atoms with Crippen molar-refractivity contribution in [3.05, 3.63) is 99.1 Å². The van der Waals surface area contributed by atoms with E-state index in [-0.39, 0.29) is 33.8 Å². The molecule has 0 heterocycles. The Kier molecular flexibility index (Phi) is 4.68. The van der Waals surface area contributed by atoms with Gasteiger partial charge in [-0.25, -0.2) is 0 Å². The highest BCUT2D eigenvalue weighted by Gasteiger charge is 2.22. The molecule has 0 bridgehead atoms. The minimum atomic E-state index is -0.719. The quantitative estimate of drug-likeness (QED) is 0.407. The van der Waals surface area contributed by atoms with Crippen LogP contribution in [0.4, 0.5) is 5.69 Å². The van der Waals surface area contributed by atoms with Crippen molar-refractivity contribution in [3.8, 4) is 11.5 Å². The molecular weight excluding hydrogens is 350 g/mol. The molecule has 0 aromatic heterocycles. The third kappa shape index (κ3) is 3.52. The fraction of sp³-hybridized carbons (Fsp3) is 0. The zero-order valence-electron chi connectivity index (χ0n) is 13.8. The van der Waals surface area contributed by atoms with Crippen LogP contribution in [0, 0.1) is 10.1 Å². The molecular formula is C20H13NO6. The van der Waals surface area contributed by atoms with Crippen LogP contribution in [-0.4, -0.2) is 26.7 Å². The van der Waals surface area contributed by atoms with Crippen LogP contribution >= 0.6 is 0 Å². The van der Waals surface area contributed by atoms with Crippen molar-refractivity contribution in [1.82, 2.24) is 0 Å². The zero-order valence-corrected chi connectivity index (χ0v) is 13.8. The van der Waals surface area contributed by atoms with Gasteiger partial charge in [0.1, 0.15) is 11.5 Å². The van der Waals surface area contributed by atoms with Crippen LogP contribution in [0.1, 0.15) is 31.8 Å². The lowest BCUT2D eigenvalue weighted by Gasteiger charge is -2.08. The van der Waals surface area contributed by atoms with Crippen molar-refractivity contribution in [2.45, 2.75) is 0 Å². The van der Waals surface area contributed by atoms with Crippen molar-refractivity contribution >= 4 is 17.3 Å². The maximum Gasteiger partial charge on any atom is 0.270 e. The Bertz CT molecular complexity index is 998. The lowest BCUT2D eigenvalue weighted by atomic mass is 9.96. The summed E-state index contributed by atoms with van der Waals surface area (Å²) in [6, 6.07) is 14.8. The van der Waals surface area contributed by atoms with Crippen LogP contribution in [0.5, 0.6) is 11.5 Å². The number of aromatic hydroxyl groups is 2. The van der Waals surface area contributed by atoms with Crippen LogP contribution < -0.4 is 0 Å². The Balaban J connectivity index is 2.13. The molecule has 3 rings (SSSR count).